The molecule has 0 atom stereocenters. The minimum Gasteiger partial charge on any atom is -0.358 e. The van der Waals surface area contributed by atoms with E-state index < -0.39 is 0 Å². The first kappa shape index (κ1) is 15.5. The molecule has 0 spiro atoms. The molecule has 4 heteroatoms. The van der Waals surface area contributed by atoms with Crippen LogP contribution in [0.4, 0.5) is 0 Å². The van der Waals surface area contributed by atoms with Crippen LogP contribution in [0.2, 0.25) is 0 Å². The molecule has 0 aliphatic heterocycles. The number of hydrogen-bond acceptors (Lipinski definition) is 2. The number of para-hydroxylation sites is 2. The van der Waals surface area contributed by atoms with E-state index in [2.05, 4.69) is 35.0 Å². The summed E-state index contributed by atoms with van der Waals surface area (Å²) in [5, 5.41) is 2.72. The van der Waals surface area contributed by atoms with Crippen LogP contribution < -0.4 is 5.32 Å². The summed E-state index contributed by atoms with van der Waals surface area (Å²) in [6, 6.07) is 8.27. The Morgan fingerprint density at radius 2 is 2.00 bits per heavy atom. The van der Waals surface area contributed by atoms with Gasteiger partial charge in [-0.15, -0.1) is 0 Å². The number of hydrogen-bond donors (Lipinski definition) is 1. The van der Waals surface area contributed by atoms with Crippen molar-refractivity contribution in [1.82, 2.24) is 14.9 Å². The Balaban J connectivity index is 2.05. The van der Waals surface area contributed by atoms with E-state index in [0.717, 1.165) is 30.7 Å². The average molecular weight is 287 g/mol. The lowest BCUT2D eigenvalue weighted by atomic mass is 10.1. The zero-order chi connectivity index (χ0) is 14.9. The molecule has 1 aromatic carbocycles. The highest BCUT2D eigenvalue weighted by Gasteiger charge is 2.09. The fourth-order valence-corrected chi connectivity index (χ4v) is 2.68. The molecule has 1 aromatic heterocycles. The normalized spacial score (nSPS) is 10.9. The summed E-state index contributed by atoms with van der Waals surface area (Å²) in [6.07, 6.45) is 7.89. The summed E-state index contributed by atoms with van der Waals surface area (Å²) < 4.78 is 2.31. The zero-order valence-electron chi connectivity index (χ0n) is 12.8. The summed E-state index contributed by atoms with van der Waals surface area (Å²) in [7, 11) is 0. The van der Waals surface area contributed by atoms with Gasteiger partial charge in [-0.2, -0.15) is 0 Å². The number of benzene rings is 1. The maximum atomic E-state index is 10.4. The van der Waals surface area contributed by atoms with Gasteiger partial charge in [-0.3, -0.25) is 4.79 Å². The summed E-state index contributed by atoms with van der Waals surface area (Å²) in [5.41, 5.74) is 2.25. The topological polar surface area (TPSA) is 46.9 Å². The maximum absolute atomic E-state index is 10.4. The number of carbonyl (C=O) groups is 1. The van der Waals surface area contributed by atoms with Gasteiger partial charge in [0.15, 0.2) is 0 Å². The predicted octanol–water partition coefficient (Wildman–Crippen LogP) is 3.30. The molecule has 1 heterocycles. The van der Waals surface area contributed by atoms with Crippen LogP contribution in [0.1, 0.15) is 44.9 Å². The monoisotopic (exact) mass is 287 g/mol. The van der Waals surface area contributed by atoms with Gasteiger partial charge < -0.3 is 9.88 Å². The van der Waals surface area contributed by atoms with Crippen LogP contribution in [-0.4, -0.2) is 22.5 Å². The van der Waals surface area contributed by atoms with E-state index in [1.165, 1.54) is 37.6 Å². The molecule has 0 unspecified atom stereocenters. The third kappa shape index (κ3) is 4.31. The third-order valence-electron chi connectivity index (χ3n) is 3.80. The fourth-order valence-electron chi connectivity index (χ4n) is 2.68. The highest BCUT2D eigenvalue weighted by atomic mass is 16.1. The lowest BCUT2D eigenvalue weighted by molar-refractivity contribution is -0.109. The number of rotatable bonds is 10. The molecule has 21 heavy (non-hydrogen) atoms. The smallest absolute Gasteiger partial charge is 0.207 e. The van der Waals surface area contributed by atoms with E-state index in [9.17, 15) is 4.79 Å². The molecule has 0 bridgehead atoms. The highest BCUT2D eigenvalue weighted by molar-refractivity contribution is 5.75. The quantitative estimate of drug-likeness (QED) is 0.538. The average Bonchev–Trinajstić information content (AvgIpc) is 2.85. The number of nitrogens with zero attached hydrogens (tertiary/aromatic N) is 2. The van der Waals surface area contributed by atoms with E-state index in [-0.39, 0.29) is 0 Å². The summed E-state index contributed by atoms with van der Waals surface area (Å²) >= 11 is 0. The zero-order valence-corrected chi connectivity index (χ0v) is 12.8. The number of aryl methyl sites for hydroxylation is 1. The predicted molar refractivity (Wildman–Crippen MR) is 86.3 cm³/mol. The molecular formula is C17H25N3O. The van der Waals surface area contributed by atoms with Crippen molar-refractivity contribution in [2.75, 3.05) is 6.54 Å². The lowest BCUT2D eigenvalue weighted by Gasteiger charge is -2.09. The van der Waals surface area contributed by atoms with Crippen molar-refractivity contribution >= 4 is 17.4 Å². The minimum absolute atomic E-state index is 0.642. The Morgan fingerprint density at radius 1 is 1.19 bits per heavy atom. The van der Waals surface area contributed by atoms with E-state index in [4.69, 9.17) is 4.98 Å². The molecule has 2 rings (SSSR count). The molecule has 1 amide bonds. The fraction of sp³-hybridized carbons (Fsp3) is 0.529. The molecule has 2 aromatic rings. The van der Waals surface area contributed by atoms with Gasteiger partial charge in [-0.1, -0.05) is 44.7 Å². The molecule has 4 nitrogen and oxygen atoms in total. The Labute approximate surface area is 126 Å². The van der Waals surface area contributed by atoms with E-state index in [0.29, 0.717) is 6.54 Å². The van der Waals surface area contributed by atoms with Gasteiger partial charge in [0.05, 0.1) is 11.0 Å². The number of imidazole rings is 1. The Hall–Kier alpha value is -1.84. The number of aromatic nitrogens is 2. The van der Waals surface area contributed by atoms with Crippen molar-refractivity contribution in [1.29, 1.82) is 0 Å². The first-order valence-electron chi connectivity index (χ1n) is 7.98. The van der Waals surface area contributed by atoms with Crippen LogP contribution in [0.3, 0.4) is 0 Å². The standard InChI is InChI=1S/C17H25N3O/c1-2-3-4-5-8-13-20-16-10-7-6-9-15(16)19-17(20)11-12-18-14-21/h6-7,9-10,14H,2-5,8,11-13H2,1H3,(H,18,21). The number of amides is 1. The van der Waals surface area contributed by atoms with Gasteiger partial charge in [0.2, 0.25) is 6.41 Å². The van der Waals surface area contributed by atoms with Gasteiger partial charge in [0.25, 0.3) is 0 Å². The van der Waals surface area contributed by atoms with Gasteiger partial charge in [0, 0.05) is 19.5 Å². The van der Waals surface area contributed by atoms with Gasteiger partial charge >= 0.3 is 0 Å². The molecule has 114 valence electrons. The van der Waals surface area contributed by atoms with Crippen LogP contribution >= 0.6 is 0 Å². The lowest BCUT2D eigenvalue weighted by Crippen LogP contribution is -2.17. The van der Waals surface area contributed by atoms with E-state index in [1.807, 2.05) is 6.07 Å². The van der Waals surface area contributed by atoms with Crippen molar-refractivity contribution in [3.05, 3.63) is 30.1 Å². The highest BCUT2D eigenvalue weighted by Crippen LogP contribution is 2.17. The largest absolute Gasteiger partial charge is 0.358 e. The SMILES string of the molecule is CCCCCCCn1c(CCNC=O)nc2ccccc21. The van der Waals surface area contributed by atoms with Crippen LogP contribution in [0.25, 0.3) is 11.0 Å². The number of fused-ring (bicyclic) bond motifs is 1. The van der Waals surface area contributed by atoms with Crippen molar-refractivity contribution in [2.45, 2.75) is 52.0 Å². The number of unbranched alkanes of at least 4 members (excludes halogenated alkanes) is 4. The number of carbonyl (C=O) groups excluding carboxylic acids is 1. The second-order valence-corrected chi connectivity index (χ2v) is 5.40. The molecule has 0 saturated heterocycles. The van der Waals surface area contributed by atoms with E-state index >= 15 is 0 Å². The Kier molecular flexibility index (Phi) is 6.25. The Morgan fingerprint density at radius 3 is 2.81 bits per heavy atom. The molecular weight excluding hydrogens is 262 g/mol. The molecule has 0 aliphatic rings. The summed E-state index contributed by atoms with van der Waals surface area (Å²) in [5.74, 6) is 1.07. The first-order chi connectivity index (χ1) is 10.4. The van der Waals surface area contributed by atoms with Crippen LogP contribution in [0, 0.1) is 0 Å². The second kappa shape index (κ2) is 8.45. The minimum atomic E-state index is 0.642. The van der Waals surface area contributed by atoms with Crippen molar-refractivity contribution in [2.24, 2.45) is 0 Å². The van der Waals surface area contributed by atoms with Gasteiger partial charge in [0.1, 0.15) is 5.82 Å². The maximum Gasteiger partial charge on any atom is 0.207 e. The van der Waals surface area contributed by atoms with Gasteiger partial charge in [-0.05, 0) is 18.6 Å². The van der Waals surface area contributed by atoms with Crippen LogP contribution in [0.15, 0.2) is 24.3 Å². The third-order valence-corrected chi connectivity index (χ3v) is 3.80. The number of nitrogens with one attached hydrogen (secondary N) is 1. The van der Waals surface area contributed by atoms with Crippen LogP contribution in [-0.2, 0) is 17.8 Å². The van der Waals surface area contributed by atoms with Crippen molar-refractivity contribution < 1.29 is 4.79 Å². The first-order valence-corrected chi connectivity index (χ1v) is 7.98. The second-order valence-electron chi connectivity index (χ2n) is 5.40. The van der Waals surface area contributed by atoms with E-state index in [1.54, 1.807) is 0 Å². The summed E-state index contributed by atoms with van der Waals surface area (Å²) in [6.45, 7) is 3.89. The Bertz CT molecular complexity index is 562. The van der Waals surface area contributed by atoms with Crippen molar-refractivity contribution in [3.8, 4) is 0 Å². The molecule has 1 N–H and O–H groups in total. The molecule has 0 aliphatic carbocycles. The van der Waals surface area contributed by atoms with Crippen LogP contribution in [0.5, 0.6) is 0 Å². The molecule has 0 fully saturated rings. The summed E-state index contributed by atoms with van der Waals surface area (Å²) in [4.78, 5) is 15.1. The van der Waals surface area contributed by atoms with Gasteiger partial charge in [-0.25, -0.2) is 4.98 Å². The molecule has 0 radical (unpaired) electrons. The van der Waals surface area contributed by atoms with Crippen molar-refractivity contribution in [3.63, 3.8) is 0 Å². The molecule has 0 saturated carbocycles.